The number of halogens is 1. The number of anilines is 1. The molecule has 0 unspecified atom stereocenters. The maximum Gasteiger partial charge on any atom is 0.330 e. The molecule has 2 aromatic rings. The molecular formula is C16H20IN3O2. The predicted molar refractivity (Wildman–Crippen MR) is 97.5 cm³/mol. The maximum absolute atomic E-state index is 12.6. The summed E-state index contributed by atoms with van der Waals surface area (Å²) >= 11 is 2.30. The van der Waals surface area contributed by atoms with Crippen LogP contribution in [0.5, 0.6) is 0 Å². The zero-order valence-electron chi connectivity index (χ0n) is 13.0. The summed E-state index contributed by atoms with van der Waals surface area (Å²) in [7, 11) is 1.68. The van der Waals surface area contributed by atoms with Gasteiger partial charge < -0.3 is 9.47 Å². The highest BCUT2D eigenvalue weighted by molar-refractivity contribution is 14.1. The van der Waals surface area contributed by atoms with Crippen molar-refractivity contribution in [2.75, 3.05) is 11.4 Å². The third kappa shape index (κ3) is 3.26. The van der Waals surface area contributed by atoms with Crippen LogP contribution in [0.25, 0.3) is 0 Å². The van der Waals surface area contributed by atoms with Crippen LogP contribution in [0.4, 0.5) is 5.69 Å². The standard InChI is InChI=1S/C16H20IN3O2/c1-4-19(10-12-8-6-7-9-13(12)17)14-11-18(3)16(22)20(5-2)15(14)21/h6-9,11H,4-5,10H2,1-3H3. The molecule has 0 aliphatic carbocycles. The highest BCUT2D eigenvalue weighted by Crippen LogP contribution is 2.17. The van der Waals surface area contributed by atoms with Crippen LogP contribution in [0.3, 0.4) is 0 Å². The molecule has 0 aliphatic rings. The average molecular weight is 413 g/mol. The van der Waals surface area contributed by atoms with Gasteiger partial charge in [0.2, 0.25) is 0 Å². The minimum absolute atomic E-state index is 0.224. The molecule has 5 nitrogen and oxygen atoms in total. The zero-order valence-corrected chi connectivity index (χ0v) is 15.2. The highest BCUT2D eigenvalue weighted by Gasteiger charge is 2.15. The molecule has 0 amide bonds. The first-order valence-corrected chi connectivity index (χ1v) is 8.36. The Hall–Kier alpha value is -1.57. The van der Waals surface area contributed by atoms with Crippen LogP contribution in [0.2, 0.25) is 0 Å². The van der Waals surface area contributed by atoms with Crippen LogP contribution in [0, 0.1) is 3.57 Å². The molecule has 118 valence electrons. The van der Waals surface area contributed by atoms with E-state index in [1.54, 1.807) is 13.2 Å². The highest BCUT2D eigenvalue weighted by atomic mass is 127. The Kier molecular flexibility index (Phi) is 5.44. The van der Waals surface area contributed by atoms with Crippen LogP contribution >= 0.6 is 22.6 Å². The summed E-state index contributed by atoms with van der Waals surface area (Å²) < 4.78 is 3.91. The summed E-state index contributed by atoms with van der Waals surface area (Å²) in [5, 5.41) is 0. The topological polar surface area (TPSA) is 47.2 Å². The molecule has 1 aromatic carbocycles. The lowest BCUT2D eigenvalue weighted by molar-refractivity contribution is 0.614. The van der Waals surface area contributed by atoms with E-state index in [9.17, 15) is 9.59 Å². The summed E-state index contributed by atoms with van der Waals surface area (Å²) in [6, 6.07) is 8.10. The van der Waals surface area contributed by atoms with E-state index in [2.05, 4.69) is 34.7 Å². The van der Waals surface area contributed by atoms with E-state index in [1.807, 2.05) is 30.9 Å². The Morgan fingerprint density at radius 3 is 2.45 bits per heavy atom. The monoisotopic (exact) mass is 413 g/mol. The number of rotatable bonds is 5. The Morgan fingerprint density at radius 2 is 1.86 bits per heavy atom. The molecule has 1 heterocycles. The molecular weight excluding hydrogens is 393 g/mol. The van der Waals surface area contributed by atoms with Crippen LogP contribution in [0.15, 0.2) is 40.1 Å². The fraction of sp³-hybridized carbons (Fsp3) is 0.375. The van der Waals surface area contributed by atoms with Crippen LogP contribution < -0.4 is 16.1 Å². The number of nitrogens with zero attached hydrogens (tertiary/aromatic N) is 3. The van der Waals surface area contributed by atoms with Gasteiger partial charge in [-0.2, -0.15) is 0 Å². The molecule has 0 fully saturated rings. The lowest BCUT2D eigenvalue weighted by Crippen LogP contribution is -2.42. The molecule has 6 heteroatoms. The van der Waals surface area contributed by atoms with Crippen LogP contribution in [-0.2, 0) is 20.1 Å². The first-order chi connectivity index (χ1) is 10.5. The van der Waals surface area contributed by atoms with Gasteiger partial charge in [-0.3, -0.25) is 9.36 Å². The fourth-order valence-corrected chi connectivity index (χ4v) is 2.96. The zero-order chi connectivity index (χ0) is 16.3. The van der Waals surface area contributed by atoms with Crippen molar-refractivity contribution in [1.29, 1.82) is 0 Å². The van der Waals surface area contributed by atoms with E-state index in [0.29, 0.717) is 25.3 Å². The number of aryl methyl sites for hydroxylation is 1. The molecule has 1 aromatic heterocycles. The molecule has 0 radical (unpaired) electrons. The second-order valence-corrected chi connectivity index (χ2v) is 6.23. The summed E-state index contributed by atoms with van der Waals surface area (Å²) in [4.78, 5) is 26.6. The van der Waals surface area contributed by atoms with Crippen molar-refractivity contribution in [1.82, 2.24) is 9.13 Å². The molecule has 0 aliphatic heterocycles. The third-order valence-electron chi connectivity index (χ3n) is 3.67. The maximum atomic E-state index is 12.6. The van der Waals surface area contributed by atoms with E-state index in [1.165, 1.54) is 18.3 Å². The smallest absolute Gasteiger partial charge is 0.330 e. The number of benzene rings is 1. The van der Waals surface area contributed by atoms with Gasteiger partial charge in [-0.05, 0) is 48.1 Å². The first-order valence-electron chi connectivity index (χ1n) is 7.28. The van der Waals surface area contributed by atoms with Crippen molar-refractivity contribution in [3.05, 3.63) is 60.4 Å². The Labute approximate surface area is 143 Å². The summed E-state index contributed by atoms with van der Waals surface area (Å²) in [6.45, 7) is 5.54. The molecule has 0 bridgehead atoms. The van der Waals surface area contributed by atoms with Gasteiger partial charge >= 0.3 is 5.69 Å². The van der Waals surface area contributed by atoms with Gasteiger partial charge in [0, 0.05) is 36.4 Å². The van der Waals surface area contributed by atoms with Gasteiger partial charge in [0.1, 0.15) is 5.69 Å². The second kappa shape index (κ2) is 7.13. The fourth-order valence-electron chi connectivity index (χ4n) is 2.40. The van der Waals surface area contributed by atoms with E-state index < -0.39 is 0 Å². The van der Waals surface area contributed by atoms with Crippen molar-refractivity contribution in [2.24, 2.45) is 7.05 Å². The average Bonchev–Trinajstić information content (AvgIpc) is 2.51. The van der Waals surface area contributed by atoms with Crippen LogP contribution in [0.1, 0.15) is 19.4 Å². The summed E-state index contributed by atoms with van der Waals surface area (Å²) in [5.41, 5.74) is 1.23. The third-order valence-corrected chi connectivity index (χ3v) is 4.72. The van der Waals surface area contributed by atoms with Crippen molar-refractivity contribution in [2.45, 2.75) is 26.9 Å². The molecule has 0 N–H and O–H groups in total. The molecule has 22 heavy (non-hydrogen) atoms. The first kappa shape index (κ1) is 16.8. The van der Waals surface area contributed by atoms with E-state index in [-0.39, 0.29) is 11.2 Å². The molecule has 0 atom stereocenters. The molecule has 0 saturated heterocycles. The van der Waals surface area contributed by atoms with Crippen LogP contribution in [-0.4, -0.2) is 15.7 Å². The molecule has 0 saturated carbocycles. The predicted octanol–water partition coefficient (Wildman–Crippen LogP) is 2.20. The van der Waals surface area contributed by atoms with Crippen molar-refractivity contribution in [3.63, 3.8) is 0 Å². The minimum Gasteiger partial charge on any atom is -0.362 e. The number of hydrogen-bond donors (Lipinski definition) is 0. The van der Waals surface area contributed by atoms with E-state index in [0.717, 1.165) is 0 Å². The Balaban J connectivity index is 2.49. The van der Waals surface area contributed by atoms with Gasteiger partial charge in [0.25, 0.3) is 5.56 Å². The normalized spacial score (nSPS) is 10.7. The van der Waals surface area contributed by atoms with Crippen molar-refractivity contribution >= 4 is 28.3 Å². The van der Waals surface area contributed by atoms with Crippen molar-refractivity contribution in [3.8, 4) is 0 Å². The number of hydrogen-bond acceptors (Lipinski definition) is 3. The Bertz CT molecular complexity index is 780. The van der Waals surface area contributed by atoms with Gasteiger partial charge in [-0.15, -0.1) is 0 Å². The molecule has 0 spiro atoms. The number of aromatic nitrogens is 2. The quantitative estimate of drug-likeness (QED) is 0.707. The molecule has 2 rings (SSSR count). The second-order valence-electron chi connectivity index (χ2n) is 5.06. The van der Waals surface area contributed by atoms with Gasteiger partial charge in [0.05, 0.1) is 0 Å². The summed E-state index contributed by atoms with van der Waals surface area (Å²) in [5.74, 6) is 0. The largest absolute Gasteiger partial charge is 0.362 e. The summed E-state index contributed by atoms with van der Waals surface area (Å²) in [6.07, 6.45) is 1.64. The van der Waals surface area contributed by atoms with Gasteiger partial charge in [-0.1, -0.05) is 18.2 Å². The lowest BCUT2D eigenvalue weighted by Gasteiger charge is -2.24. The van der Waals surface area contributed by atoms with Gasteiger partial charge in [-0.25, -0.2) is 4.79 Å². The minimum atomic E-state index is -0.276. The van der Waals surface area contributed by atoms with E-state index in [4.69, 9.17) is 0 Å². The SMILES string of the molecule is CCN(Cc1ccccc1I)c1cn(C)c(=O)n(CC)c1=O. The Morgan fingerprint density at radius 1 is 1.18 bits per heavy atom. The lowest BCUT2D eigenvalue weighted by atomic mass is 10.2. The van der Waals surface area contributed by atoms with Gasteiger partial charge in [0.15, 0.2) is 0 Å². The van der Waals surface area contributed by atoms with Crippen molar-refractivity contribution < 1.29 is 0 Å². The van der Waals surface area contributed by atoms with E-state index >= 15 is 0 Å².